The zero-order chi connectivity index (χ0) is 13.9. The normalized spacial score (nSPS) is 11.3. The van der Waals surface area contributed by atoms with E-state index >= 15 is 0 Å². The van der Waals surface area contributed by atoms with E-state index < -0.39 is 9.84 Å². The van der Waals surface area contributed by atoms with Crippen LogP contribution in [0.2, 0.25) is 0 Å². The van der Waals surface area contributed by atoms with Gasteiger partial charge in [0.2, 0.25) is 0 Å². The lowest BCUT2D eigenvalue weighted by atomic mass is 10.2. The Hall–Kier alpha value is -1.85. The highest BCUT2D eigenvalue weighted by atomic mass is 32.2. The second kappa shape index (κ2) is 5.42. The highest BCUT2D eigenvalue weighted by Crippen LogP contribution is 2.24. The molecule has 100 valence electrons. The third-order valence-corrected chi connectivity index (χ3v) is 3.71. The van der Waals surface area contributed by atoms with Crippen molar-refractivity contribution in [3.63, 3.8) is 0 Å². The number of hydrogen-bond donors (Lipinski definition) is 1. The van der Waals surface area contributed by atoms with Gasteiger partial charge in [-0.1, -0.05) is 18.2 Å². The first kappa shape index (κ1) is 13.6. The standard InChI is InChI=1S/C14H15NO3S/c1-19(16,17)14-7-3-6-13(9-14)18-12-5-2-4-11(8-12)10-15/h2-9H,10,15H2,1H3. The molecule has 0 atom stereocenters. The largest absolute Gasteiger partial charge is 0.457 e. The van der Waals surface area contributed by atoms with Gasteiger partial charge in [-0.15, -0.1) is 0 Å². The van der Waals surface area contributed by atoms with Crippen LogP contribution in [0.3, 0.4) is 0 Å². The number of nitrogens with two attached hydrogens (primary N) is 1. The summed E-state index contributed by atoms with van der Waals surface area (Å²) in [4.78, 5) is 0.236. The van der Waals surface area contributed by atoms with E-state index in [1.807, 2.05) is 18.2 Å². The Labute approximate surface area is 112 Å². The van der Waals surface area contributed by atoms with Crippen LogP contribution in [0.1, 0.15) is 5.56 Å². The van der Waals surface area contributed by atoms with Crippen LogP contribution in [0.15, 0.2) is 53.4 Å². The van der Waals surface area contributed by atoms with Crippen LogP contribution in [0.25, 0.3) is 0 Å². The first-order valence-electron chi connectivity index (χ1n) is 5.76. The molecule has 0 aliphatic carbocycles. The smallest absolute Gasteiger partial charge is 0.175 e. The van der Waals surface area contributed by atoms with Crippen LogP contribution in [0.4, 0.5) is 0 Å². The molecule has 0 fully saturated rings. The predicted octanol–water partition coefficient (Wildman–Crippen LogP) is 2.34. The van der Waals surface area contributed by atoms with Gasteiger partial charge in [0, 0.05) is 12.8 Å². The molecule has 0 saturated heterocycles. The molecular weight excluding hydrogens is 262 g/mol. The molecule has 0 aliphatic rings. The molecule has 0 aliphatic heterocycles. The molecule has 19 heavy (non-hydrogen) atoms. The molecule has 2 rings (SSSR count). The molecule has 0 aromatic heterocycles. The Bertz CT molecular complexity index is 681. The van der Waals surface area contributed by atoms with Crippen molar-refractivity contribution in [1.29, 1.82) is 0 Å². The van der Waals surface area contributed by atoms with Crippen LogP contribution in [0, 0.1) is 0 Å². The molecule has 2 N–H and O–H groups in total. The van der Waals surface area contributed by atoms with Gasteiger partial charge in [-0.05, 0) is 35.9 Å². The summed E-state index contributed by atoms with van der Waals surface area (Å²) in [6, 6.07) is 13.8. The molecule has 2 aromatic carbocycles. The van der Waals surface area contributed by atoms with Gasteiger partial charge in [0.1, 0.15) is 11.5 Å². The van der Waals surface area contributed by atoms with Crippen LogP contribution in [-0.4, -0.2) is 14.7 Å². The summed E-state index contributed by atoms with van der Waals surface area (Å²) < 4.78 is 28.6. The molecule has 0 heterocycles. The van der Waals surface area contributed by atoms with Crippen LogP contribution < -0.4 is 10.5 Å². The van der Waals surface area contributed by atoms with Gasteiger partial charge in [-0.2, -0.15) is 0 Å². The zero-order valence-corrected chi connectivity index (χ0v) is 11.4. The minimum absolute atomic E-state index is 0.236. The Morgan fingerprint density at radius 3 is 2.32 bits per heavy atom. The fourth-order valence-electron chi connectivity index (χ4n) is 1.64. The first-order valence-corrected chi connectivity index (χ1v) is 7.65. The van der Waals surface area contributed by atoms with E-state index in [1.54, 1.807) is 24.3 Å². The maximum absolute atomic E-state index is 11.5. The molecule has 5 heteroatoms. The first-order chi connectivity index (χ1) is 8.99. The average molecular weight is 277 g/mol. The zero-order valence-electron chi connectivity index (χ0n) is 10.5. The molecule has 4 nitrogen and oxygen atoms in total. The van der Waals surface area contributed by atoms with Crippen molar-refractivity contribution in [2.45, 2.75) is 11.4 Å². The third kappa shape index (κ3) is 3.56. The Kier molecular flexibility index (Phi) is 3.87. The van der Waals surface area contributed by atoms with Crippen molar-refractivity contribution < 1.29 is 13.2 Å². The third-order valence-electron chi connectivity index (χ3n) is 2.60. The SMILES string of the molecule is CS(=O)(=O)c1cccc(Oc2cccc(CN)c2)c1. The number of ether oxygens (including phenoxy) is 1. The van der Waals surface area contributed by atoms with Crippen molar-refractivity contribution in [2.24, 2.45) is 5.73 Å². The van der Waals surface area contributed by atoms with Crippen LogP contribution in [-0.2, 0) is 16.4 Å². The van der Waals surface area contributed by atoms with E-state index in [-0.39, 0.29) is 4.90 Å². The number of sulfone groups is 1. The van der Waals surface area contributed by atoms with E-state index in [0.717, 1.165) is 5.56 Å². The second-order valence-electron chi connectivity index (χ2n) is 4.20. The highest BCUT2D eigenvalue weighted by Gasteiger charge is 2.08. The van der Waals surface area contributed by atoms with E-state index in [9.17, 15) is 8.42 Å². The quantitative estimate of drug-likeness (QED) is 0.931. The Morgan fingerprint density at radius 2 is 1.68 bits per heavy atom. The summed E-state index contributed by atoms with van der Waals surface area (Å²) >= 11 is 0. The number of benzene rings is 2. The molecule has 0 spiro atoms. The molecule has 0 saturated carbocycles. The lowest BCUT2D eigenvalue weighted by Crippen LogP contribution is -1.98. The molecule has 0 radical (unpaired) electrons. The summed E-state index contributed by atoms with van der Waals surface area (Å²) in [7, 11) is -3.23. The lowest BCUT2D eigenvalue weighted by Gasteiger charge is -2.08. The lowest BCUT2D eigenvalue weighted by molar-refractivity contribution is 0.480. The predicted molar refractivity (Wildman–Crippen MR) is 74.0 cm³/mol. The molecule has 0 amide bonds. The Balaban J connectivity index is 2.28. The summed E-state index contributed by atoms with van der Waals surface area (Å²) in [5, 5.41) is 0. The van der Waals surface area contributed by atoms with E-state index in [0.29, 0.717) is 18.0 Å². The molecule has 2 aromatic rings. The highest BCUT2D eigenvalue weighted by molar-refractivity contribution is 7.90. The van der Waals surface area contributed by atoms with E-state index in [1.165, 1.54) is 12.3 Å². The van der Waals surface area contributed by atoms with Gasteiger partial charge in [0.25, 0.3) is 0 Å². The van der Waals surface area contributed by atoms with Crippen molar-refractivity contribution in [1.82, 2.24) is 0 Å². The minimum Gasteiger partial charge on any atom is -0.457 e. The molecule has 0 bridgehead atoms. The van der Waals surface area contributed by atoms with Gasteiger partial charge in [-0.25, -0.2) is 8.42 Å². The van der Waals surface area contributed by atoms with Crippen LogP contribution >= 0.6 is 0 Å². The fourth-order valence-corrected chi connectivity index (χ4v) is 2.30. The maximum Gasteiger partial charge on any atom is 0.175 e. The van der Waals surface area contributed by atoms with Gasteiger partial charge >= 0.3 is 0 Å². The molecular formula is C14H15NO3S. The van der Waals surface area contributed by atoms with Crippen molar-refractivity contribution in [3.8, 4) is 11.5 Å². The van der Waals surface area contributed by atoms with Gasteiger partial charge in [-0.3, -0.25) is 0 Å². The fraction of sp³-hybridized carbons (Fsp3) is 0.143. The minimum atomic E-state index is -3.23. The number of rotatable bonds is 4. The van der Waals surface area contributed by atoms with Crippen molar-refractivity contribution in [2.75, 3.05) is 6.26 Å². The summed E-state index contributed by atoms with van der Waals surface area (Å²) in [6.45, 7) is 0.431. The van der Waals surface area contributed by atoms with Gasteiger partial charge < -0.3 is 10.5 Å². The topological polar surface area (TPSA) is 69.4 Å². The monoisotopic (exact) mass is 277 g/mol. The van der Waals surface area contributed by atoms with Crippen molar-refractivity contribution >= 4 is 9.84 Å². The van der Waals surface area contributed by atoms with E-state index in [2.05, 4.69) is 0 Å². The van der Waals surface area contributed by atoms with Crippen LogP contribution in [0.5, 0.6) is 11.5 Å². The summed E-state index contributed by atoms with van der Waals surface area (Å²) in [6.07, 6.45) is 1.17. The summed E-state index contributed by atoms with van der Waals surface area (Å²) in [5.41, 5.74) is 6.51. The van der Waals surface area contributed by atoms with Gasteiger partial charge in [0.15, 0.2) is 9.84 Å². The number of hydrogen-bond acceptors (Lipinski definition) is 4. The average Bonchev–Trinajstić information content (AvgIpc) is 2.38. The summed E-state index contributed by atoms with van der Waals surface area (Å²) in [5.74, 6) is 1.12. The Morgan fingerprint density at radius 1 is 1.05 bits per heavy atom. The maximum atomic E-state index is 11.5. The van der Waals surface area contributed by atoms with Gasteiger partial charge in [0.05, 0.1) is 4.90 Å². The second-order valence-corrected chi connectivity index (χ2v) is 6.22. The molecule has 0 unspecified atom stereocenters. The van der Waals surface area contributed by atoms with Crippen molar-refractivity contribution in [3.05, 3.63) is 54.1 Å². The van der Waals surface area contributed by atoms with E-state index in [4.69, 9.17) is 10.5 Å².